The molecule has 8 heteroatoms. The number of anilines is 1. The van der Waals surface area contributed by atoms with Crippen LogP contribution in [0.4, 0.5) is 5.69 Å². The van der Waals surface area contributed by atoms with Gasteiger partial charge in [-0.25, -0.2) is 9.36 Å². The van der Waals surface area contributed by atoms with Gasteiger partial charge >= 0.3 is 5.63 Å². The van der Waals surface area contributed by atoms with Crippen LogP contribution in [0.1, 0.15) is 69.2 Å². The summed E-state index contributed by atoms with van der Waals surface area (Å²) in [5.74, 6) is -0.267. The summed E-state index contributed by atoms with van der Waals surface area (Å²) in [6, 6.07) is 7.96. The highest BCUT2D eigenvalue weighted by atomic mass is 32.2. The van der Waals surface area contributed by atoms with Crippen molar-refractivity contribution in [2.45, 2.75) is 64.3 Å². The van der Waals surface area contributed by atoms with Crippen molar-refractivity contribution in [2.24, 2.45) is 0 Å². The number of aromatic nitrogens is 1. The second-order valence-electron chi connectivity index (χ2n) is 11.7. The van der Waals surface area contributed by atoms with E-state index in [2.05, 4.69) is 38.7 Å². The summed E-state index contributed by atoms with van der Waals surface area (Å²) >= 11 is 0. The Morgan fingerprint density at radius 2 is 1.73 bits per heavy atom. The molecule has 0 bridgehead atoms. The van der Waals surface area contributed by atoms with E-state index in [9.17, 15) is 13.2 Å². The van der Waals surface area contributed by atoms with E-state index in [0.29, 0.717) is 24.1 Å². The molecule has 0 spiro atoms. The van der Waals surface area contributed by atoms with Gasteiger partial charge in [0.25, 0.3) is 10.1 Å². The van der Waals surface area contributed by atoms with Gasteiger partial charge in [-0.2, -0.15) is 8.42 Å². The van der Waals surface area contributed by atoms with Gasteiger partial charge < -0.3 is 9.32 Å². The fourth-order valence-corrected chi connectivity index (χ4v) is 6.12. The highest BCUT2D eigenvalue weighted by Gasteiger charge is 2.41. The predicted molar refractivity (Wildman–Crippen MR) is 147 cm³/mol. The van der Waals surface area contributed by atoms with Crippen LogP contribution in [-0.4, -0.2) is 31.8 Å². The smallest absolute Gasteiger partial charge is 0.343 e. The Balaban J connectivity index is 1.48. The van der Waals surface area contributed by atoms with Crippen LogP contribution in [0.3, 0.4) is 0 Å². The molecule has 0 amide bonds. The molecule has 1 N–H and O–H groups in total. The minimum absolute atomic E-state index is 0.0507. The molecule has 5 rings (SSSR count). The van der Waals surface area contributed by atoms with Gasteiger partial charge in [-0.05, 0) is 53.0 Å². The van der Waals surface area contributed by atoms with Crippen molar-refractivity contribution in [3.05, 3.63) is 69.3 Å². The third-order valence-electron chi connectivity index (χ3n) is 7.95. The lowest BCUT2D eigenvalue weighted by Gasteiger charge is -2.48. The van der Waals surface area contributed by atoms with Gasteiger partial charge in [-0.1, -0.05) is 33.8 Å². The Labute approximate surface area is 218 Å². The molecule has 1 aromatic carbocycles. The second-order valence-corrected chi connectivity index (χ2v) is 13.2. The maximum Gasteiger partial charge on any atom is 0.343 e. The SMILES string of the molecule is CC1(C)CCN2CCC(C)(C)c3c2c1cc1cc(/C=C/c2cc[n+](CCCS(=O)(=O)O)cc2)c(=O)oc31. The molecule has 2 aliphatic heterocycles. The molecule has 0 unspecified atom stereocenters. The van der Waals surface area contributed by atoms with Gasteiger partial charge in [0, 0.05) is 48.3 Å². The largest absolute Gasteiger partial charge is 0.422 e. The molecule has 3 aromatic rings. The van der Waals surface area contributed by atoms with Crippen molar-refractivity contribution in [2.75, 3.05) is 23.7 Å². The molecule has 2 aromatic heterocycles. The molecular weight excluding hydrogens is 488 g/mol. The van der Waals surface area contributed by atoms with E-state index in [1.54, 1.807) is 6.08 Å². The quantitative estimate of drug-likeness (QED) is 0.286. The maximum atomic E-state index is 13.1. The zero-order valence-electron chi connectivity index (χ0n) is 22.0. The third kappa shape index (κ3) is 5.09. The first-order valence-corrected chi connectivity index (χ1v) is 14.5. The van der Waals surface area contributed by atoms with Crippen molar-refractivity contribution in [1.29, 1.82) is 0 Å². The number of benzene rings is 1. The molecule has 2 aliphatic rings. The molecule has 196 valence electrons. The number of nitrogens with zero attached hydrogens (tertiary/aromatic N) is 2. The minimum atomic E-state index is -3.95. The van der Waals surface area contributed by atoms with Gasteiger partial charge in [0.05, 0.1) is 11.3 Å². The number of rotatable bonds is 6. The molecule has 0 fully saturated rings. The van der Waals surface area contributed by atoms with Gasteiger partial charge in [-0.15, -0.1) is 0 Å². The number of hydrogen-bond acceptors (Lipinski definition) is 5. The first-order chi connectivity index (χ1) is 17.3. The number of fused-ring (bicyclic) bond motifs is 2. The Kier molecular flexibility index (Phi) is 6.31. The van der Waals surface area contributed by atoms with Crippen LogP contribution in [0.2, 0.25) is 0 Å². The summed E-state index contributed by atoms with van der Waals surface area (Å²) in [7, 11) is -3.95. The Morgan fingerprint density at radius 1 is 1.05 bits per heavy atom. The summed E-state index contributed by atoms with van der Waals surface area (Å²) in [6.07, 6.45) is 9.80. The van der Waals surface area contributed by atoms with E-state index in [1.165, 1.54) is 11.3 Å². The Bertz CT molecular complexity index is 1550. The average Bonchev–Trinajstić information content (AvgIpc) is 2.81. The molecule has 7 nitrogen and oxygen atoms in total. The van der Waals surface area contributed by atoms with Crippen LogP contribution in [0, 0.1) is 0 Å². The number of hydrogen-bond donors (Lipinski definition) is 1. The van der Waals surface area contributed by atoms with Crippen LogP contribution in [0.25, 0.3) is 23.1 Å². The summed E-state index contributed by atoms with van der Waals surface area (Å²) in [5.41, 5.74) is 5.50. The Morgan fingerprint density at radius 3 is 2.41 bits per heavy atom. The van der Waals surface area contributed by atoms with Gasteiger partial charge in [-0.3, -0.25) is 4.55 Å². The van der Waals surface area contributed by atoms with E-state index in [0.717, 1.165) is 42.4 Å². The van der Waals surface area contributed by atoms with E-state index >= 15 is 0 Å². The monoisotopic (exact) mass is 523 g/mol. The van der Waals surface area contributed by atoms with Crippen LogP contribution in [0.15, 0.2) is 45.9 Å². The zero-order chi connectivity index (χ0) is 26.6. The van der Waals surface area contributed by atoms with E-state index in [1.807, 2.05) is 41.2 Å². The molecule has 0 atom stereocenters. The topological polar surface area (TPSA) is 91.7 Å². The van der Waals surface area contributed by atoms with E-state index in [4.69, 9.17) is 8.97 Å². The lowest BCUT2D eigenvalue weighted by atomic mass is 9.69. The highest BCUT2D eigenvalue weighted by Crippen LogP contribution is 2.51. The summed E-state index contributed by atoms with van der Waals surface area (Å²) in [5, 5.41) is 0.961. The summed E-state index contributed by atoms with van der Waals surface area (Å²) in [6.45, 7) is 11.6. The zero-order valence-corrected chi connectivity index (χ0v) is 22.8. The van der Waals surface area contributed by atoms with Crippen molar-refractivity contribution in [3.63, 3.8) is 0 Å². The van der Waals surface area contributed by atoms with Gasteiger partial charge in [0.1, 0.15) is 12.1 Å². The molecule has 0 radical (unpaired) electrons. The summed E-state index contributed by atoms with van der Waals surface area (Å²) in [4.78, 5) is 15.5. The number of aryl methyl sites for hydroxylation is 1. The molecule has 0 saturated heterocycles. The lowest BCUT2D eigenvalue weighted by molar-refractivity contribution is -0.696. The minimum Gasteiger partial charge on any atom is -0.422 e. The van der Waals surface area contributed by atoms with Crippen LogP contribution in [0.5, 0.6) is 0 Å². The fourth-order valence-electron chi connectivity index (χ4n) is 5.63. The lowest BCUT2D eigenvalue weighted by Crippen LogP contribution is -2.44. The first-order valence-electron chi connectivity index (χ1n) is 12.9. The Hall–Kier alpha value is -2.97. The molecule has 37 heavy (non-hydrogen) atoms. The van der Waals surface area contributed by atoms with Crippen molar-refractivity contribution in [3.8, 4) is 0 Å². The molecular formula is C29H35N2O5S+. The van der Waals surface area contributed by atoms with Crippen LogP contribution >= 0.6 is 0 Å². The second kappa shape index (κ2) is 9.10. The highest BCUT2D eigenvalue weighted by molar-refractivity contribution is 7.85. The summed E-state index contributed by atoms with van der Waals surface area (Å²) < 4.78 is 38.6. The number of pyridine rings is 1. The van der Waals surface area contributed by atoms with Crippen molar-refractivity contribution in [1.82, 2.24) is 0 Å². The molecule has 0 aliphatic carbocycles. The van der Waals surface area contributed by atoms with Crippen LogP contribution < -0.4 is 15.1 Å². The van der Waals surface area contributed by atoms with Gasteiger partial charge in [0.2, 0.25) is 0 Å². The van der Waals surface area contributed by atoms with E-state index < -0.39 is 10.1 Å². The van der Waals surface area contributed by atoms with Gasteiger partial charge in [0.15, 0.2) is 12.4 Å². The van der Waals surface area contributed by atoms with Crippen LogP contribution in [-0.2, 0) is 27.5 Å². The van der Waals surface area contributed by atoms with E-state index in [-0.39, 0.29) is 22.2 Å². The van der Waals surface area contributed by atoms with Crippen molar-refractivity contribution < 1.29 is 22.0 Å². The molecule has 4 heterocycles. The average molecular weight is 524 g/mol. The normalized spacial score (nSPS) is 18.4. The standard InChI is InChI=1S/C29H34N2O5S/c1-28(2)10-15-31-16-11-29(3,4)24-25(31)23(28)19-22-18-21(27(32)36-26(22)24)7-6-20-8-13-30(14-9-20)12-5-17-37(33,34)35/h6-9,13-14,18-19H,5,10-12,15-17H2,1-4H3/p+1. The van der Waals surface area contributed by atoms with Crippen molar-refractivity contribution >= 4 is 38.9 Å². The maximum absolute atomic E-state index is 13.1. The molecule has 0 saturated carbocycles. The fraction of sp³-hybridized carbons (Fsp3) is 0.448. The third-order valence-corrected chi connectivity index (χ3v) is 8.75. The first kappa shape index (κ1) is 25.7. The predicted octanol–water partition coefficient (Wildman–Crippen LogP) is 4.70.